The Morgan fingerprint density at radius 1 is 0.195 bits per heavy atom. The average Bonchev–Trinajstić information content (AvgIpc) is 1.57. The maximum absolute atomic E-state index is 5.33. The first-order chi connectivity index (χ1) is 57.8. The van der Waals surface area contributed by atoms with Crippen molar-refractivity contribution in [1.29, 1.82) is 0 Å². The van der Waals surface area contributed by atoms with Gasteiger partial charge < -0.3 is 9.13 Å². The SMILES string of the molecule is Cc1nc(C)nc(-c2ccc3c(c2)c2cc(-c4nc(C)nc(CCc5nc(C)nc(-c6ccc7c8ccc(-c9nc(C)nc(C)n9)cc8n(-c8cc(-c9ccncc9)ccc8-c8nc(-c9ccccc9)nc(-c9ccccc9)n8)c7c6)n5)n4)ccc2n3-c2cc(-c3ccncc3)ccc2-c2nc(-c3ccccc3)nc(-c3ccccc3)n2)n1. The first-order valence-corrected chi connectivity index (χ1v) is 38.7. The van der Waals surface area contributed by atoms with Crippen LogP contribution in [0.25, 0.3) is 191 Å². The van der Waals surface area contributed by atoms with Gasteiger partial charge in [-0.05, 0) is 161 Å². The van der Waals surface area contributed by atoms with Crippen LogP contribution in [0.5, 0.6) is 0 Å². The molecule has 0 atom stereocenters. The zero-order valence-electron chi connectivity index (χ0n) is 64.8. The van der Waals surface area contributed by atoms with Crippen molar-refractivity contribution in [2.45, 2.75) is 54.4 Å². The Balaban J connectivity index is 0.700. The number of hydrogen-bond acceptors (Lipinski definition) is 20. The van der Waals surface area contributed by atoms with Crippen molar-refractivity contribution < 1.29 is 0 Å². The molecule has 0 aliphatic heterocycles. The molecule has 0 radical (unpaired) electrons. The van der Waals surface area contributed by atoms with E-state index in [2.05, 4.69) is 138 Å². The van der Waals surface area contributed by atoms with Crippen molar-refractivity contribution in [3.63, 3.8) is 0 Å². The Hall–Kier alpha value is -15.8. The largest absolute Gasteiger partial charge is 0.308 e. The summed E-state index contributed by atoms with van der Waals surface area (Å²) < 4.78 is 4.58. The van der Waals surface area contributed by atoms with E-state index in [4.69, 9.17) is 79.7 Å². The fraction of sp³-hybridized carbons (Fsp3) is 0.0833. The van der Waals surface area contributed by atoms with E-state index in [9.17, 15) is 0 Å². The first kappa shape index (κ1) is 71.2. The van der Waals surface area contributed by atoms with Crippen molar-refractivity contribution in [2.75, 3.05) is 0 Å². The van der Waals surface area contributed by atoms with E-state index in [1.165, 1.54) is 0 Å². The number of rotatable bonds is 17. The van der Waals surface area contributed by atoms with Gasteiger partial charge in [-0.25, -0.2) is 89.7 Å². The van der Waals surface area contributed by atoms with Gasteiger partial charge in [-0.3, -0.25) is 9.97 Å². The minimum absolute atomic E-state index is 0.390. The molecule has 10 aromatic heterocycles. The molecule has 0 spiro atoms. The lowest BCUT2D eigenvalue weighted by Gasteiger charge is -2.17. The molecule has 0 aliphatic carbocycles. The summed E-state index contributed by atoms with van der Waals surface area (Å²) in [4.78, 5) is 99.3. The lowest BCUT2D eigenvalue weighted by molar-refractivity contribution is 0.768. The van der Waals surface area contributed by atoms with Crippen LogP contribution in [0.4, 0.5) is 0 Å². The molecule has 0 fully saturated rings. The van der Waals surface area contributed by atoms with Gasteiger partial charge in [0.05, 0.1) is 33.4 Å². The van der Waals surface area contributed by atoms with Gasteiger partial charge in [0, 0.05) is 115 Å². The molecule has 562 valence electrons. The highest BCUT2D eigenvalue weighted by Crippen LogP contribution is 2.44. The van der Waals surface area contributed by atoms with Crippen LogP contribution in [0.2, 0.25) is 0 Å². The third-order valence-electron chi connectivity index (χ3n) is 20.8. The molecule has 20 aromatic rings. The van der Waals surface area contributed by atoms with Gasteiger partial charge in [-0.1, -0.05) is 158 Å². The van der Waals surface area contributed by atoms with Crippen molar-refractivity contribution in [2.24, 2.45) is 0 Å². The van der Waals surface area contributed by atoms with E-state index in [1.807, 2.05) is 212 Å². The molecule has 0 saturated carbocycles. The highest BCUT2D eigenvalue weighted by Gasteiger charge is 2.27. The second kappa shape index (κ2) is 29.9. The van der Waals surface area contributed by atoms with Crippen LogP contribution in [-0.2, 0) is 12.8 Å². The number of aromatic nitrogens is 22. The summed E-state index contributed by atoms with van der Waals surface area (Å²) in [5, 5.41) is 3.84. The van der Waals surface area contributed by atoms with E-state index in [0.29, 0.717) is 118 Å². The predicted octanol–water partition coefficient (Wildman–Crippen LogP) is 19.4. The number of fused-ring (bicyclic) bond motifs is 6. The van der Waals surface area contributed by atoms with Gasteiger partial charge in [0.25, 0.3) is 0 Å². The molecule has 10 heterocycles. The molecular weight excluding hydrogens is 1460 g/mol. The fourth-order valence-corrected chi connectivity index (χ4v) is 15.5. The van der Waals surface area contributed by atoms with Crippen LogP contribution in [0.15, 0.2) is 280 Å². The summed E-state index contributed by atoms with van der Waals surface area (Å²) in [5.74, 6) is 10.1. The molecule has 0 N–H and O–H groups in total. The van der Waals surface area contributed by atoms with Crippen molar-refractivity contribution >= 4 is 43.6 Å². The average molecular weight is 1530 g/mol. The second-order valence-corrected chi connectivity index (χ2v) is 28.9. The lowest BCUT2D eigenvalue weighted by atomic mass is 10.0. The highest BCUT2D eigenvalue weighted by atomic mass is 15.1. The monoisotopic (exact) mass is 1530 g/mol. The number of nitrogens with zero attached hydrogens (tertiary/aromatic N) is 22. The Labute approximate surface area is 676 Å². The molecule has 0 bridgehead atoms. The fourth-order valence-electron chi connectivity index (χ4n) is 15.5. The lowest BCUT2D eigenvalue weighted by Crippen LogP contribution is -2.08. The molecule has 0 aliphatic rings. The first-order valence-electron chi connectivity index (χ1n) is 38.7. The summed E-state index contributed by atoms with van der Waals surface area (Å²) in [7, 11) is 0. The Bertz CT molecular complexity index is 7160. The van der Waals surface area contributed by atoms with Gasteiger partial charge in [-0.15, -0.1) is 0 Å². The van der Waals surface area contributed by atoms with Crippen LogP contribution in [0.3, 0.4) is 0 Å². The summed E-state index contributed by atoms with van der Waals surface area (Å²) >= 11 is 0. The molecule has 22 heteroatoms. The Morgan fingerprint density at radius 3 is 0.839 bits per heavy atom. The van der Waals surface area contributed by atoms with Gasteiger partial charge in [0.15, 0.2) is 58.2 Å². The van der Waals surface area contributed by atoms with Gasteiger partial charge in [0.1, 0.15) is 46.6 Å². The highest BCUT2D eigenvalue weighted by molar-refractivity contribution is 6.13. The minimum Gasteiger partial charge on any atom is -0.308 e. The van der Waals surface area contributed by atoms with Crippen molar-refractivity contribution in [3.8, 4) is 148 Å². The zero-order valence-corrected chi connectivity index (χ0v) is 64.8. The van der Waals surface area contributed by atoms with Crippen LogP contribution >= 0.6 is 0 Å². The van der Waals surface area contributed by atoms with E-state index < -0.39 is 0 Å². The normalized spacial score (nSPS) is 11.5. The minimum atomic E-state index is 0.390. The molecule has 22 nitrogen and oxygen atoms in total. The predicted molar refractivity (Wildman–Crippen MR) is 459 cm³/mol. The summed E-state index contributed by atoms with van der Waals surface area (Å²) in [5.41, 5.74) is 17.3. The van der Waals surface area contributed by atoms with Crippen LogP contribution in [0, 0.1) is 41.5 Å². The number of aryl methyl sites for hydroxylation is 8. The quantitative estimate of drug-likeness (QED) is 0.0819. The van der Waals surface area contributed by atoms with Gasteiger partial charge in [-0.2, -0.15) is 0 Å². The van der Waals surface area contributed by atoms with Gasteiger partial charge >= 0.3 is 0 Å². The van der Waals surface area contributed by atoms with E-state index in [-0.39, 0.29) is 0 Å². The van der Waals surface area contributed by atoms with Gasteiger partial charge in [0.2, 0.25) is 0 Å². The molecule has 0 unspecified atom stereocenters. The molecule has 0 saturated heterocycles. The van der Waals surface area contributed by atoms with Crippen molar-refractivity contribution in [1.82, 2.24) is 109 Å². The molecule has 118 heavy (non-hydrogen) atoms. The van der Waals surface area contributed by atoms with Crippen LogP contribution in [0.1, 0.15) is 46.6 Å². The molecular formula is C96H68N22. The van der Waals surface area contributed by atoms with E-state index >= 15 is 0 Å². The molecule has 20 rings (SSSR count). The third kappa shape index (κ3) is 13.8. The topological polar surface area (TPSA) is 268 Å². The second-order valence-electron chi connectivity index (χ2n) is 28.9. The number of hydrogen-bond donors (Lipinski definition) is 0. The Kier molecular flexibility index (Phi) is 18.1. The van der Waals surface area contributed by atoms with E-state index in [1.54, 1.807) is 0 Å². The van der Waals surface area contributed by atoms with Crippen LogP contribution < -0.4 is 0 Å². The summed E-state index contributed by atoms with van der Waals surface area (Å²) in [6.45, 7) is 11.3. The molecule has 0 amide bonds. The van der Waals surface area contributed by atoms with E-state index in [0.717, 1.165) is 133 Å². The standard InChI is InChI=1S/C96H68N22/c1-55-99-56(2)104-91(103-55)69-31-37-79-77(49-69)78-50-70(32-38-80(78)117(79)83-51-67(61-41-45-97-46-42-61)27-35-75(83)95-113-87(63-19-11-7-12-20-63)111-88(114-95)64-21-13-8-14-22-64)93-107-59(5)101-85(109-93)39-40-86-102-60(6)108-94(110-86)72-30-34-74-73-33-29-71(92-105-57(3)100-58(4)106-92)53-81(73)118(82(74)54-72)84-52-68(62-43-47-98-48-44-62)28-36-76(84)96-115-89(65-23-15-9-16-24-65)112-90(116-96)66-25-17-10-18-26-66/h7-38,41-54H,39-40H2,1-6H3. The third-order valence-corrected chi connectivity index (χ3v) is 20.8. The number of pyridine rings is 2. The Morgan fingerprint density at radius 2 is 0.483 bits per heavy atom. The maximum Gasteiger partial charge on any atom is 0.166 e. The molecule has 10 aromatic carbocycles. The summed E-state index contributed by atoms with van der Waals surface area (Å²) in [6.07, 6.45) is 8.02. The smallest absolute Gasteiger partial charge is 0.166 e. The van der Waals surface area contributed by atoms with Crippen LogP contribution in [-0.4, -0.2) is 109 Å². The summed E-state index contributed by atoms with van der Waals surface area (Å²) in [6, 6.07) is 86.5. The van der Waals surface area contributed by atoms with Crippen molar-refractivity contribution in [3.05, 3.63) is 326 Å². The number of benzene rings is 10. The maximum atomic E-state index is 5.33. The zero-order chi connectivity index (χ0) is 79.5.